The highest BCUT2D eigenvalue weighted by molar-refractivity contribution is 9.10. The first-order valence-electron chi connectivity index (χ1n) is 36.9. The summed E-state index contributed by atoms with van der Waals surface area (Å²) >= 11 is 3.37. The second-order valence-corrected chi connectivity index (χ2v) is 29.4. The number of rotatable bonds is 7. The Morgan fingerprint density at radius 3 is 1.48 bits per heavy atom. The number of likely N-dealkylation sites (N-methyl/N-ethyl adjacent to an activating group) is 1. The van der Waals surface area contributed by atoms with Gasteiger partial charge in [-0.1, -0.05) is 170 Å². The van der Waals surface area contributed by atoms with Crippen LogP contribution in [-0.4, -0.2) is 58.4 Å². The molecule has 109 heavy (non-hydrogen) atoms. The fraction of sp³-hybridized carbons (Fsp3) is 0.194. The molecule has 0 radical (unpaired) electrons. The van der Waals surface area contributed by atoms with Crippen molar-refractivity contribution in [2.45, 2.75) is 82.7 Å². The maximum Gasteiger partial charge on any atom is 0.123 e. The Balaban J connectivity index is 0.000000111. The molecule has 10 nitrogen and oxygen atoms in total. The van der Waals surface area contributed by atoms with Gasteiger partial charge in [-0.3, -0.25) is 15.0 Å². The van der Waals surface area contributed by atoms with Gasteiger partial charge >= 0.3 is 0 Å². The largest absolute Gasteiger partial charge is 0.384 e. The van der Waals surface area contributed by atoms with E-state index in [9.17, 15) is 26.9 Å². The van der Waals surface area contributed by atoms with E-state index in [1.54, 1.807) is 36.4 Å². The Hall–Kier alpha value is -11.5. The van der Waals surface area contributed by atoms with E-state index in [0.717, 1.165) is 119 Å². The summed E-state index contributed by atoms with van der Waals surface area (Å²) in [6.45, 7) is 9.47. The van der Waals surface area contributed by atoms with Crippen molar-refractivity contribution in [2.24, 2.45) is 10.4 Å². The molecule has 5 aliphatic heterocycles. The van der Waals surface area contributed by atoms with Crippen LogP contribution in [0.4, 0.5) is 39.0 Å². The van der Waals surface area contributed by atoms with Gasteiger partial charge in [0.05, 0.1) is 39.8 Å². The Bertz CT molecular complexity index is 5480. The smallest absolute Gasteiger partial charge is 0.123 e. The predicted molar refractivity (Wildman–Crippen MR) is 437 cm³/mol. The van der Waals surface area contributed by atoms with Crippen LogP contribution in [0, 0.1) is 34.0 Å². The molecule has 0 spiro atoms. The van der Waals surface area contributed by atoms with Crippen LogP contribution in [-0.2, 0) is 45.2 Å². The molecule has 0 fully saturated rings. The van der Waals surface area contributed by atoms with Gasteiger partial charge in [-0.05, 0) is 221 Å². The van der Waals surface area contributed by atoms with Gasteiger partial charge in [-0.15, -0.1) is 4.91 Å². The Morgan fingerprint density at radius 2 is 0.908 bits per heavy atom. The molecule has 14 aromatic rings. The van der Waals surface area contributed by atoms with Crippen LogP contribution in [0.1, 0.15) is 93.3 Å². The van der Waals surface area contributed by atoms with Crippen molar-refractivity contribution in [1.29, 1.82) is 0 Å². The van der Waals surface area contributed by atoms with Crippen LogP contribution >= 0.6 is 15.9 Å². The summed E-state index contributed by atoms with van der Waals surface area (Å²) in [5, 5.41) is 18.4. The molecular formula is C93H83BrF5N9O. The lowest BCUT2D eigenvalue weighted by atomic mass is 9.88. The number of nitrogens with zero attached hydrogens (tertiary/aromatic N) is 8. The molecule has 0 bridgehead atoms. The third-order valence-electron chi connectivity index (χ3n) is 20.8. The second-order valence-electron chi connectivity index (χ2n) is 28.5. The molecule has 4 atom stereocenters. The van der Waals surface area contributed by atoms with Gasteiger partial charge in [-0.2, -0.15) is 5.10 Å². The van der Waals surface area contributed by atoms with Gasteiger partial charge in [-0.25, -0.2) is 27.0 Å². The molecule has 16 heteroatoms. The quantitative estimate of drug-likeness (QED) is 0.0965. The predicted octanol–water partition coefficient (Wildman–Crippen LogP) is 22.7. The summed E-state index contributed by atoms with van der Waals surface area (Å²) in [4.78, 5) is 22.0. The molecule has 11 aromatic carbocycles. The van der Waals surface area contributed by atoms with Gasteiger partial charge < -0.3 is 14.8 Å². The first-order chi connectivity index (χ1) is 53.1. The number of pyridine rings is 2. The van der Waals surface area contributed by atoms with Crippen LogP contribution in [0.25, 0.3) is 43.8 Å². The highest BCUT2D eigenvalue weighted by Gasteiger charge is 2.31. The lowest BCUT2D eigenvalue weighted by Crippen LogP contribution is -2.31. The summed E-state index contributed by atoms with van der Waals surface area (Å²) in [6, 6.07) is 85.0. The molecule has 0 aliphatic carbocycles. The maximum atomic E-state index is 13.3. The van der Waals surface area contributed by atoms with E-state index in [2.05, 4.69) is 130 Å². The first-order valence-corrected chi connectivity index (χ1v) is 37.7. The molecule has 1 N–H and O–H groups in total. The van der Waals surface area contributed by atoms with Crippen molar-refractivity contribution < 1.29 is 22.0 Å². The van der Waals surface area contributed by atoms with E-state index in [-0.39, 0.29) is 35.0 Å². The zero-order valence-electron chi connectivity index (χ0n) is 61.0. The lowest BCUT2D eigenvalue weighted by Gasteiger charge is -2.33. The third-order valence-corrected chi connectivity index (χ3v) is 21.2. The number of benzene rings is 11. The highest BCUT2D eigenvalue weighted by Crippen LogP contribution is 2.41. The Labute approximate surface area is 641 Å². The third kappa shape index (κ3) is 18.2. The van der Waals surface area contributed by atoms with Crippen LogP contribution in [0.15, 0.2) is 300 Å². The number of hydrogen-bond donors (Lipinski definition) is 1. The van der Waals surface area contributed by atoms with E-state index in [1.807, 2.05) is 148 Å². The zero-order valence-corrected chi connectivity index (χ0v) is 62.6. The Morgan fingerprint density at radius 1 is 0.459 bits per heavy atom. The molecular weight excluding hydrogens is 1430 g/mol. The van der Waals surface area contributed by atoms with Crippen LogP contribution in [0.2, 0.25) is 0 Å². The number of nitroso groups, excluding NO2 is 1. The minimum Gasteiger partial charge on any atom is -0.384 e. The fourth-order valence-corrected chi connectivity index (χ4v) is 15.7. The number of halogens is 6. The van der Waals surface area contributed by atoms with Crippen molar-refractivity contribution >= 4 is 71.4 Å². The normalized spacial score (nSPS) is 16.5. The number of nitrogens with one attached hydrogen (secondary N) is 1. The van der Waals surface area contributed by atoms with E-state index in [4.69, 9.17) is 0 Å². The minimum absolute atomic E-state index is 0.154. The average molecular weight is 1520 g/mol. The van der Waals surface area contributed by atoms with Crippen molar-refractivity contribution in [1.82, 2.24) is 19.4 Å². The van der Waals surface area contributed by atoms with Gasteiger partial charge in [0.2, 0.25) is 0 Å². The van der Waals surface area contributed by atoms with E-state index in [1.165, 1.54) is 126 Å². The molecule has 4 unspecified atom stereocenters. The zero-order chi connectivity index (χ0) is 75.3. The molecule has 19 rings (SSSR count). The van der Waals surface area contributed by atoms with Crippen molar-refractivity contribution in [2.75, 3.05) is 48.6 Å². The second kappa shape index (κ2) is 34.6. The molecule has 5 aliphatic rings. The standard InChI is InChI=1S/C21H21FN2.C18H19FN2.C15H13FN2O.C15H14FN.C15H10FN.C9H6BrN/c1-23-10-9-20-19(13-23)18-4-2-3-15-11-16(12-24(20)21(15)18)14-5-7-17(22)8-6-14;1-13(2)20-21-12-16(14-7-9-17(19)10-8-14)11-15-5-3-4-6-18(15)21;16-14-7-5-11(6-8-14)13-9-12-3-1-2-4-15(12)18(10-13)17-19;2*16-14-7-5-11(6-8-14)13-9-12-3-1-2-4-15(12)17-10-13;10-8-5-7-3-1-2-4-9(7)11-6-8/h2-8,16H,9-13H2,1H3;3-10,16H,11-12H2,1-2H3;1-8,13H,9-10H2;1-8,13,17H,9-10H2;1-10H;1-6H. The van der Waals surface area contributed by atoms with Gasteiger partial charge in [0.25, 0.3) is 0 Å². The van der Waals surface area contributed by atoms with Gasteiger partial charge in [0, 0.05) is 118 Å². The van der Waals surface area contributed by atoms with Crippen molar-refractivity contribution in [3.63, 3.8) is 0 Å². The van der Waals surface area contributed by atoms with Gasteiger partial charge in [0.1, 0.15) is 29.1 Å². The van der Waals surface area contributed by atoms with Crippen LogP contribution in [0.5, 0.6) is 0 Å². The topological polar surface area (TPSA) is 94.2 Å². The monoisotopic (exact) mass is 1520 g/mol. The number of hydrazone groups is 1. The van der Waals surface area contributed by atoms with E-state index >= 15 is 0 Å². The number of anilines is 3. The molecule has 0 saturated carbocycles. The lowest BCUT2D eigenvalue weighted by molar-refractivity contribution is 0.308. The SMILES string of the molecule is Brc1cnc2ccccc2c1.CC(C)=NN1CC(c2ccc(F)cc2)Cc2ccccc21.CN1CCc2c(c3cccc4c3n2CC(c2ccc(F)cc2)C4)C1.Fc1ccc(-c2cnc3ccccc3c2)cc1.Fc1ccc(C2CNc3ccccc3C2)cc1.O=NN1CC(c2ccc(F)cc2)Cc2ccccc21. The first kappa shape index (κ1) is 74.4. The van der Waals surface area contributed by atoms with Crippen molar-refractivity contribution in [3.05, 3.63) is 380 Å². The minimum atomic E-state index is -0.245. The molecule has 0 amide bonds. The molecule has 548 valence electrons. The van der Waals surface area contributed by atoms with E-state index in [0.29, 0.717) is 24.3 Å². The van der Waals surface area contributed by atoms with Crippen LogP contribution in [0.3, 0.4) is 0 Å². The number of fused-ring (bicyclic) bond motifs is 8. The van der Waals surface area contributed by atoms with Crippen molar-refractivity contribution in [3.8, 4) is 11.1 Å². The summed E-state index contributed by atoms with van der Waals surface area (Å²) in [6.07, 6.45) is 8.62. The maximum absolute atomic E-state index is 13.3. The number of aromatic nitrogens is 3. The summed E-state index contributed by atoms with van der Waals surface area (Å²) in [7, 11) is 2.21. The van der Waals surface area contributed by atoms with Gasteiger partial charge in [0.15, 0.2) is 0 Å². The molecule has 8 heterocycles. The molecule has 3 aromatic heterocycles. The van der Waals surface area contributed by atoms with Crippen LogP contribution < -0.4 is 15.3 Å². The fourth-order valence-electron chi connectivity index (χ4n) is 15.4. The number of para-hydroxylation sites is 6. The Kier molecular flexibility index (Phi) is 23.6. The van der Waals surface area contributed by atoms with E-state index < -0.39 is 0 Å². The highest BCUT2D eigenvalue weighted by atomic mass is 79.9. The number of hydrogen-bond acceptors (Lipinski definition) is 8. The average Bonchev–Trinajstić information content (AvgIpc) is 1.58. The summed E-state index contributed by atoms with van der Waals surface area (Å²) in [5.41, 5.74) is 22.6. The summed E-state index contributed by atoms with van der Waals surface area (Å²) < 4.78 is 68.6. The molecule has 0 saturated heterocycles. The summed E-state index contributed by atoms with van der Waals surface area (Å²) in [5.74, 6) is 0.390.